The molecule has 2 atom stereocenters. The number of carbonyl (C=O) groups is 3. The molecule has 26 heavy (non-hydrogen) atoms. The fraction of sp³-hybridized carbons (Fsp3) is 0.550. The van der Waals surface area contributed by atoms with Gasteiger partial charge in [0.15, 0.2) is 0 Å². The third-order valence-corrected chi connectivity index (χ3v) is 5.95. The van der Waals surface area contributed by atoms with E-state index in [9.17, 15) is 19.5 Å². The topological polar surface area (TPSA) is 77.9 Å². The van der Waals surface area contributed by atoms with Crippen LogP contribution in [0, 0.1) is 23.7 Å². The van der Waals surface area contributed by atoms with Crippen molar-refractivity contribution in [3.63, 3.8) is 0 Å². The summed E-state index contributed by atoms with van der Waals surface area (Å²) in [5.41, 5.74) is 1.08. The van der Waals surface area contributed by atoms with Crippen LogP contribution in [0.2, 0.25) is 0 Å². The van der Waals surface area contributed by atoms with Gasteiger partial charge in [-0.1, -0.05) is 12.1 Å². The monoisotopic (exact) mass is 356 g/mol. The third kappa shape index (κ3) is 3.08. The van der Waals surface area contributed by atoms with E-state index in [1.54, 1.807) is 35.0 Å². The molecule has 0 aromatic heterocycles. The largest absolute Gasteiger partial charge is 0.481 e. The number of carbonyl (C=O) groups excluding carboxylic acids is 2. The molecule has 1 aromatic rings. The van der Waals surface area contributed by atoms with Crippen LogP contribution in [0.25, 0.3) is 0 Å². The molecule has 0 unspecified atom stereocenters. The second kappa shape index (κ2) is 6.41. The number of anilines is 1. The Morgan fingerprint density at radius 3 is 2.38 bits per heavy atom. The summed E-state index contributed by atoms with van der Waals surface area (Å²) in [5, 5.41) is 9.52. The van der Waals surface area contributed by atoms with Gasteiger partial charge >= 0.3 is 5.97 Å². The summed E-state index contributed by atoms with van der Waals surface area (Å²) in [6.07, 6.45) is 3.95. The number of rotatable bonds is 5. The number of amides is 2. The maximum Gasteiger partial charge on any atom is 0.308 e. The van der Waals surface area contributed by atoms with Crippen LogP contribution in [-0.2, 0) is 9.59 Å². The Morgan fingerprint density at radius 1 is 1.08 bits per heavy atom. The molecule has 1 saturated heterocycles. The average molecular weight is 356 g/mol. The number of aliphatic carboxylic acids is 1. The molecule has 1 N–H and O–H groups in total. The van der Waals surface area contributed by atoms with E-state index < -0.39 is 11.9 Å². The Bertz CT molecular complexity index is 754. The lowest BCUT2D eigenvalue weighted by Gasteiger charge is -2.23. The highest BCUT2D eigenvalue weighted by molar-refractivity contribution is 6.05. The smallest absolute Gasteiger partial charge is 0.308 e. The summed E-state index contributed by atoms with van der Waals surface area (Å²) in [7, 11) is 1.71. The molecule has 6 nitrogen and oxygen atoms in total. The predicted molar refractivity (Wildman–Crippen MR) is 95.8 cm³/mol. The van der Waals surface area contributed by atoms with Crippen LogP contribution in [0.5, 0.6) is 0 Å². The summed E-state index contributed by atoms with van der Waals surface area (Å²) < 4.78 is 0. The maximum absolute atomic E-state index is 13.1. The normalized spacial score (nSPS) is 25.2. The Hall–Kier alpha value is -2.37. The Labute approximate surface area is 152 Å². The van der Waals surface area contributed by atoms with Crippen molar-refractivity contribution in [2.75, 3.05) is 25.0 Å². The molecule has 4 rings (SSSR count). The molecule has 1 heterocycles. The predicted octanol–water partition coefficient (Wildman–Crippen LogP) is 2.24. The van der Waals surface area contributed by atoms with Gasteiger partial charge in [-0.2, -0.15) is 0 Å². The molecule has 2 amide bonds. The van der Waals surface area contributed by atoms with E-state index in [4.69, 9.17) is 0 Å². The zero-order valence-electron chi connectivity index (χ0n) is 14.9. The SMILES string of the molecule is CN(C(=O)C1CC1)c1ccccc1C(=O)N1C[C@H](C(=O)O)[C@@H](C2CC2)C1. The van der Waals surface area contributed by atoms with E-state index in [1.807, 2.05) is 6.07 Å². The van der Waals surface area contributed by atoms with Gasteiger partial charge in [0.1, 0.15) is 0 Å². The van der Waals surface area contributed by atoms with E-state index in [-0.39, 0.29) is 30.2 Å². The van der Waals surface area contributed by atoms with Gasteiger partial charge in [0.05, 0.1) is 17.2 Å². The van der Waals surface area contributed by atoms with Gasteiger partial charge in [0.2, 0.25) is 5.91 Å². The standard InChI is InChI=1S/C20H24N2O4/c1-21(18(23)13-8-9-13)17-5-3-2-4-14(17)19(24)22-10-15(12-6-7-12)16(11-22)20(25)26/h2-5,12-13,15-16H,6-11H2,1H3,(H,25,26)/t15-,16+/m1/s1. The van der Waals surface area contributed by atoms with Crippen LogP contribution in [-0.4, -0.2) is 47.9 Å². The van der Waals surface area contributed by atoms with Crippen LogP contribution in [0.4, 0.5) is 5.69 Å². The Balaban J connectivity index is 1.56. The molecule has 2 aliphatic carbocycles. The van der Waals surface area contributed by atoms with Gasteiger partial charge in [-0.05, 0) is 49.7 Å². The van der Waals surface area contributed by atoms with Crippen molar-refractivity contribution in [1.82, 2.24) is 4.90 Å². The average Bonchev–Trinajstić information content (AvgIpc) is 3.57. The molecule has 0 radical (unpaired) electrons. The fourth-order valence-electron chi connectivity index (χ4n) is 4.10. The number of hydrogen-bond acceptors (Lipinski definition) is 3. The molecule has 138 valence electrons. The van der Waals surface area contributed by atoms with Crippen molar-refractivity contribution in [3.8, 4) is 0 Å². The lowest BCUT2D eigenvalue weighted by Crippen LogP contribution is -2.33. The van der Waals surface area contributed by atoms with Gasteiger partial charge in [-0.15, -0.1) is 0 Å². The van der Waals surface area contributed by atoms with Crippen molar-refractivity contribution in [2.45, 2.75) is 25.7 Å². The molecule has 3 aliphatic rings. The highest BCUT2D eigenvalue weighted by Gasteiger charge is 2.47. The van der Waals surface area contributed by atoms with Gasteiger partial charge in [-0.25, -0.2) is 0 Å². The minimum atomic E-state index is -0.813. The first-order valence-electron chi connectivity index (χ1n) is 9.36. The summed E-state index contributed by atoms with van der Waals surface area (Å²) in [4.78, 5) is 40.4. The third-order valence-electron chi connectivity index (χ3n) is 5.95. The minimum absolute atomic E-state index is 0.0472. The lowest BCUT2D eigenvalue weighted by atomic mass is 9.92. The number of carboxylic acid groups (broad SMARTS) is 1. The molecule has 1 aliphatic heterocycles. The van der Waals surface area contributed by atoms with Crippen LogP contribution >= 0.6 is 0 Å². The summed E-state index contributed by atoms with van der Waals surface area (Å²) in [6.45, 7) is 0.749. The number of hydrogen-bond donors (Lipinski definition) is 1. The van der Waals surface area contributed by atoms with Crippen molar-refractivity contribution in [1.29, 1.82) is 0 Å². The first-order chi connectivity index (χ1) is 12.5. The molecular formula is C20H24N2O4. The molecule has 3 fully saturated rings. The van der Waals surface area contributed by atoms with Gasteiger partial charge in [-0.3, -0.25) is 14.4 Å². The fourth-order valence-corrected chi connectivity index (χ4v) is 4.10. The van der Waals surface area contributed by atoms with Crippen molar-refractivity contribution >= 4 is 23.5 Å². The van der Waals surface area contributed by atoms with Crippen LogP contribution in [0.1, 0.15) is 36.0 Å². The summed E-state index contributed by atoms with van der Waals surface area (Å²) >= 11 is 0. The zero-order chi connectivity index (χ0) is 18.4. The lowest BCUT2D eigenvalue weighted by molar-refractivity contribution is -0.142. The Morgan fingerprint density at radius 2 is 1.77 bits per heavy atom. The second-order valence-corrected chi connectivity index (χ2v) is 7.84. The first kappa shape index (κ1) is 17.1. The minimum Gasteiger partial charge on any atom is -0.481 e. The number of nitrogens with zero attached hydrogens (tertiary/aromatic N) is 2. The van der Waals surface area contributed by atoms with E-state index >= 15 is 0 Å². The zero-order valence-corrected chi connectivity index (χ0v) is 14.9. The quantitative estimate of drug-likeness (QED) is 0.878. The number of para-hydroxylation sites is 1. The summed E-state index contributed by atoms with van der Waals surface area (Å²) in [5.74, 6) is -0.865. The molecule has 2 saturated carbocycles. The van der Waals surface area contributed by atoms with E-state index in [2.05, 4.69) is 0 Å². The van der Waals surface area contributed by atoms with E-state index in [0.29, 0.717) is 23.7 Å². The van der Waals surface area contributed by atoms with Crippen molar-refractivity contribution < 1.29 is 19.5 Å². The molecule has 0 spiro atoms. The van der Waals surface area contributed by atoms with Crippen molar-refractivity contribution in [3.05, 3.63) is 29.8 Å². The van der Waals surface area contributed by atoms with Gasteiger partial charge < -0.3 is 14.9 Å². The van der Waals surface area contributed by atoms with Crippen molar-refractivity contribution in [2.24, 2.45) is 23.7 Å². The summed E-state index contributed by atoms with van der Waals surface area (Å²) in [6, 6.07) is 7.13. The molecule has 1 aromatic carbocycles. The molecular weight excluding hydrogens is 332 g/mol. The molecule has 0 bridgehead atoms. The highest BCUT2D eigenvalue weighted by Crippen LogP contribution is 2.44. The second-order valence-electron chi connectivity index (χ2n) is 7.84. The van der Waals surface area contributed by atoms with E-state index in [0.717, 1.165) is 25.7 Å². The molecule has 6 heteroatoms. The highest BCUT2D eigenvalue weighted by atomic mass is 16.4. The van der Waals surface area contributed by atoms with Crippen LogP contribution in [0.3, 0.4) is 0 Å². The van der Waals surface area contributed by atoms with Gasteiger partial charge in [0.25, 0.3) is 5.91 Å². The van der Waals surface area contributed by atoms with Crippen LogP contribution < -0.4 is 4.90 Å². The van der Waals surface area contributed by atoms with Gasteiger partial charge in [0, 0.05) is 26.1 Å². The maximum atomic E-state index is 13.1. The van der Waals surface area contributed by atoms with E-state index in [1.165, 1.54) is 0 Å². The van der Waals surface area contributed by atoms with Crippen LogP contribution in [0.15, 0.2) is 24.3 Å². The number of carboxylic acids is 1. The first-order valence-corrected chi connectivity index (χ1v) is 9.36. The number of likely N-dealkylation sites (tertiary alicyclic amines) is 1. The Kier molecular flexibility index (Phi) is 4.21. The number of benzene rings is 1.